The minimum absolute atomic E-state index is 0.0585. The molecule has 0 saturated heterocycles. The summed E-state index contributed by atoms with van der Waals surface area (Å²) in [7, 11) is 0. The van der Waals surface area contributed by atoms with Gasteiger partial charge in [0, 0.05) is 19.4 Å². The molecule has 0 aliphatic rings. The fraction of sp³-hybridized carbons (Fsp3) is 0.235. The van der Waals surface area contributed by atoms with E-state index in [9.17, 15) is 4.79 Å². The maximum absolute atomic E-state index is 11.6. The Labute approximate surface area is 113 Å². The first kappa shape index (κ1) is 13.2. The fourth-order valence-electron chi connectivity index (χ4n) is 2.08. The number of amides is 1. The molecule has 0 saturated carbocycles. The lowest BCUT2D eigenvalue weighted by Gasteiger charge is -2.08. The van der Waals surface area contributed by atoms with E-state index in [0.717, 1.165) is 12.0 Å². The maximum atomic E-state index is 11.6. The Morgan fingerprint density at radius 3 is 2.79 bits per heavy atom. The first-order chi connectivity index (χ1) is 9.31. The Kier molecular flexibility index (Phi) is 4.58. The van der Waals surface area contributed by atoms with Crippen molar-refractivity contribution in [3.8, 4) is 12.3 Å². The molecule has 0 aromatic heterocycles. The molecule has 0 fully saturated rings. The van der Waals surface area contributed by atoms with Crippen LogP contribution < -0.4 is 5.32 Å². The number of benzene rings is 2. The van der Waals surface area contributed by atoms with E-state index in [1.54, 1.807) is 0 Å². The summed E-state index contributed by atoms with van der Waals surface area (Å²) in [6.45, 7) is 0.566. The number of hydrogen-bond acceptors (Lipinski definition) is 1. The number of carbonyl (C=O) groups is 1. The molecule has 0 spiro atoms. The van der Waals surface area contributed by atoms with Gasteiger partial charge in [-0.2, -0.15) is 0 Å². The van der Waals surface area contributed by atoms with Crippen molar-refractivity contribution >= 4 is 16.7 Å². The molecule has 2 aromatic carbocycles. The lowest BCUT2D eigenvalue weighted by atomic mass is 10.0. The number of terminal acetylenes is 1. The molecule has 2 rings (SSSR count). The second kappa shape index (κ2) is 6.61. The third kappa shape index (κ3) is 3.59. The van der Waals surface area contributed by atoms with Gasteiger partial charge in [-0.25, -0.2) is 0 Å². The van der Waals surface area contributed by atoms with E-state index in [-0.39, 0.29) is 5.91 Å². The molecule has 0 aliphatic heterocycles. The van der Waals surface area contributed by atoms with Crippen molar-refractivity contribution in [2.24, 2.45) is 0 Å². The molecule has 0 radical (unpaired) electrons. The second-order valence-electron chi connectivity index (χ2n) is 4.47. The van der Waals surface area contributed by atoms with Crippen LogP contribution in [0, 0.1) is 12.3 Å². The zero-order chi connectivity index (χ0) is 13.5. The first-order valence-corrected chi connectivity index (χ1v) is 6.48. The van der Waals surface area contributed by atoms with Crippen LogP contribution in [0.3, 0.4) is 0 Å². The quantitative estimate of drug-likeness (QED) is 0.641. The van der Waals surface area contributed by atoms with Gasteiger partial charge in [-0.3, -0.25) is 4.79 Å². The molecule has 0 bridgehead atoms. The minimum atomic E-state index is 0.0585. The van der Waals surface area contributed by atoms with Crippen molar-refractivity contribution in [3.63, 3.8) is 0 Å². The van der Waals surface area contributed by atoms with Crippen LogP contribution >= 0.6 is 0 Å². The van der Waals surface area contributed by atoms with E-state index >= 15 is 0 Å². The van der Waals surface area contributed by atoms with E-state index in [1.165, 1.54) is 10.8 Å². The van der Waals surface area contributed by atoms with Crippen LogP contribution in [0.5, 0.6) is 0 Å². The van der Waals surface area contributed by atoms with Gasteiger partial charge in [0.05, 0.1) is 0 Å². The van der Waals surface area contributed by atoms with Gasteiger partial charge in [0.2, 0.25) is 5.91 Å². The fourth-order valence-corrected chi connectivity index (χ4v) is 2.08. The summed E-state index contributed by atoms with van der Waals surface area (Å²) < 4.78 is 0. The molecule has 2 nitrogen and oxygen atoms in total. The molecule has 2 aromatic rings. The van der Waals surface area contributed by atoms with Crippen molar-refractivity contribution in [2.75, 3.05) is 0 Å². The zero-order valence-electron chi connectivity index (χ0n) is 10.9. The Hall–Kier alpha value is -2.27. The highest BCUT2D eigenvalue weighted by Crippen LogP contribution is 2.18. The molecule has 2 heteroatoms. The van der Waals surface area contributed by atoms with Crippen molar-refractivity contribution < 1.29 is 4.79 Å². The van der Waals surface area contributed by atoms with E-state index < -0.39 is 0 Å². The molecule has 1 N–H and O–H groups in total. The maximum Gasteiger partial charge on any atom is 0.220 e. The number of rotatable bonds is 5. The summed E-state index contributed by atoms with van der Waals surface area (Å²) >= 11 is 0. The normalized spacial score (nSPS) is 10.1. The molecular formula is C17H17NO. The smallest absolute Gasteiger partial charge is 0.220 e. The van der Waals surface area contributed by atoms with Gasteiger partial charge >= 0.3 is 0 Å². The summed E-state index contributed by atoms with van der Waals surface area (Å²) in [6, 6.07) is 14.3. The number of unbranched alkanes of at least 4 members (excludes halogenated alkanes) is 1. The lowest BCUT2D eigenvalue weighted by Crippen LogP contribution is -2.22. The average Bonchev–Trinajstić information content (AvgIpc) is 2.45. The molecule has 0 heterocycles. The molecule has 19 heavy (non-hydrogen) atoms. The molecule has 1 amide bonds. The topological polar surface area (TPSA) is 29.1 Å². The van der Waals surface area contributed by atoms with E-state index in [0.29, 0.717) is 19.4 Å². The monoisotopic (exact) mass is 251 g/mol. The van der Waals surface area contributed by atoms with Gasteiger partial charge in [-0.15, -0.1) is 12.3 Å². The summed E-state index contributed by atoms with van der Waals surface area (Å²) in [4.78, 5) is 11.6. The van der Waals surface area contributed by atoms with Crippen LogP contribution in [0.1, 0.15) is 24.8 Å². The summed E-state index contributed by atoms with van der Waals surface area (Å²) in [6.07, 6.45) is 7.06. The number of hydrogen-bond donors (Lipinski definition) is 1. The van der Waals surface area contributed by atoms with E-state index in [1.807, 2.05) is 24.3 Å². The molecule has 0 unspecified atom stereocenters. The summed E-state index contributed by atoms with van der Waals surface area (Å²) in [5, 5.41) is 5.33. The molecule has 0 atom stereocenters. The number of nitrogens with one attached hydrogen (secondary N) is 1. The summed E-state index contributed by atoms with van der Waals surface area (Å²) in [5.41, 5.74) is 1.14. The Morgan fingerprint density at radius 1 is 1.16 bits per heavy atom. The Bertz CT molecular complexity index is 605. The second-order valence-corrected chi connectivity index (χ2v) is 4.47. The predicted molar refractivity (Wildman–Crippen MR) is 78.5 cm³/mol. The van der Waals surface area contributed by atoms with Crippen LogP contribution in [0.15, 0.2) is 42.5 Å². The van der Waals surface area contributed by atoms with Gasteiger partial charge in [-0.1, -0.05) is 42.5 Å². The minimum Gasteiger partial charge on any atom is -0.352 e. The van der Waals surface area contributed by atoms with Gasteiger partial charge in [-0.05, 0) is 22.8 Å². The van der Waals surface area contributed by atoms with Crippen LogP contribution in [-0.4, -0.2) is 5.91 Å². The van der Waals surface area contributed by atoms with Crippen LogP contribution in [-0.2, 0) is 11.3 Å². The highest BCUT2D eigenvalue weighted by molar-refractivity contribution is 5.86. The Balaban J connectivity index is 1.98. The standard InChI is InChI=1S/C17H17NO/c1-2-3-4-12-17(19)18-13-15-10-7-9-14-8-5-6-11-16(14)15/h1,5-11H,3-4,12-13H2,(H,18,19). The highest BCUT2D eigenvalue weighted by atomic mass is 16.1. The molecular weight excluding hydrogens is 234 g/mol. The van der Waals surface area contributed by atoms with Gasteiger partial charge in [0.25, 0.3) is 0 Å². The van der Waals surface area contributed by atoms with Gasteiger partial charge in [0.15, 0.2) is 0 Å². The predicted octanol–water partition coefficient (Wildman–Crippen LogP) is 3.26. The zero-order valence-corrected chi connectivity index (χ0v) is 10.9. The van der Waals surface area contributed by atoms with Crippen LogP contribution in [0.4, 0.5) is 0 Å². The molecule has 0 aliphatic carbocycles. The molecule has 96 valence electrons. The van der Waals surface area contributed by atoms with Gasteiger partial charge < -0.3 is 5.32 Å². The number of carbonyl (C=O) groups excluding carboxylic acids is 1. The lowest BCUT2D eigenvalue weighted by molar-refractivity contribution is -0.121. The van der Waals surface area contributed by atoms with E-state index in [4.69, 9.17) is 6.42 Å². The van der Waals surface area contributed by atoms with Crippen molar-refractivity contribution in [2.45, 2.75) is 25.8 Å². The van der Waals surface area contributed by atoms with Crippen LogP contribution in [0.25, 0.3) is 10.8 Å². The van der Waals surface area contributed by atoms with Crippen LogP contribution in [0.2, 0.25) is 0 Å². The third-order valence-electron chi connectivity index (χ3n) is 3.08. The third-order valence-corrected chi connectivity index (χ3v) is 3.08. The average molecular weight is 251 g/mol. The van der Waals surface area contributed by atoms with Crippen molar-refractivity contribution in [3.05, 3.63) is 48.0 Å². The largest absolute Gasteiger partial charge is 0.352 e. The van der Waals surface area contributed by atoms with Gasteiger partial charge in [0.1, 0.15) is 0 Å². The van der Waals surface area contributed by atoms with Crippen molar-refractivity contribution in [1.29, 1.82) is 0 Å². The number of fused-ring (bicyclic) bond motifs is 1. The van der Waals surface area contributed by atoms with Crippen molar-refractivity contribution in [1.82, 2.24) is 5.32 Å². The first-order valence-electron chi connectivity index (χ1n) is 6.48. The van der Waals surface area contributed by atoms with E-state index in [2.05, 4.69) is 29.4 Å². The SMILES string of the molecule is C#CCCCC(=O)NCc1cccc2ccccc12. The summed E-state index contributed by atoms with van der Waals surface area (Å²) in [5.74, 6) is 2.60. The highest BCUT2D eigenvalue weighted by Gasteiger charge is 2.03. The Morgan fingerprint density at radius 2 is 1.95 bits per heavy atom.